The molecule has 1 aliphatic heterocycles. The van der Waals surface area contributed by atoms with Gasteiger partial charge in [0.15, 0.2) is 5.76 Å². The lowest BCUT2D eigenvalue weighted by Gasteiger charge is -2.35. The minimum Gasteiger partial charge on any atom is -0.453 e. The first-order chi connectivity index (χ1) is 10.2. The van der Waals surface area contributed by atoms with E-state index in [0.717, 1.165) is 25.9 Å². The van der Waals surface area contributed by atoms with E-state index < -0.39 is 6.10 Å². The van der Waals surface area contributed by atoms with Crippen molar-refractivity contribution in [2.45, 2.75) is 31.6 Å². The number of amides is 1. The Morgan fingerprint density at radius 3 is 2.86 bits per heavy atom. The van der Waals surface area contributed by atoms with Gasteiger partial charge >= 0.3 is 0 Å². The molecule has 22 heavy (non-hydrogen) atoms. The highest BCUT2D eigenvalue weighted by Gasteiger charge is 2.39. The number of carbonyl (C=O) groups excluding carboxylic acids is 1. The number of rotatable bonds is 4. The van der Waals surface area contributed by atoms with E-state index in [4.69, 9.17) is 9.15 Å². The molecule has 124 valence electrons. The molecule has 2 aliphatic rings. The largest absolute Gasteiger partial charge is 0.453 e. The van der Waals surface area contributed by atoms with Crippen LogP contribution in [0, 0.1) is 11.8 Å². The third-order valence-electron chi connectivity index (χ3n) is 4.53. The summed E-state index contributed by atoms with van der Waals surface area (Å²) in [5.41, 5.74) is 0. The van der Waals surface area contributed by atoms with Gasteiger partial charge in [0.1, 0.15) is 12.4 Å². The lowest BCUT2D eigenvalue weighted by atomic mass is 9.77. The van der Waals surface area contributed by atoms with Gasteiger partial charge in [0, 0.05) is 7.11 Å². The van der Waals surface area contributed by atoms with Crippen LogP contribution in [0.3, 0.4) is 0 Å². The smallest absolute Gasteiger partial charge is 0.287 e. The van der Waals surface area contributed by atoms with Crippen molar-refractivity contribution in [2.24, 2.45) is 11.8 Å². The van der Waals surface area contributed by atoms with Gasteiger partial charge in [0.05, 0.1) is 12.1 Å². The third-order valence-corrected chi connectivity index (χ3v) is 4.53. The Morgan fingerprint density at radius 1 is 1.41 bits per heavy atom. The fourth-order valence-electron chi connectivity index (χ4n) is 3.41. The second kappa shape index (κ2) is 7.46. The van der Waals surface area contributed by atoms with Gasteiger partial charge in [0.2, 0.25) is 0 Å². The molecule has 0 radical (unpaired) electrons. The van der Waals surface area contributed by atoms with E-state index in [2.05, 4.69) is 10.6 Å². The Kier molecular flexibility index (Phi) is 5.86. The maximum atomic E-state index is 12.2. The zero-order chi connectivity index (χ0) is 14.8. The molecule has 1 aliphatic carbocycles. The minimum atomic E-state index is -0.483. The number of carbonyl (C=O) groups is 1. The van der Waals surface area contributed by atoms with Crippen LogP contribution in [0.2, 0.25) is 0 Å². The lowest BCUT2D eigenvalue weighted by Crippen LogP contribution is -2.49. The SMILES string of the molecule is COCc1ccc(C(=O)N[C@H]2C[C@H]3CNC[C@H]3C[C@@H]2O)o1.Cl. The van der Waals surface area contributed by atoms with E-state index >= 15 is 0 Å². The fraction of sp³-hybridized carbons (Fsp3) is 0.667. The van der Waals surface area contributed by atoms with Crippen LogP contribution in [-0.2, 0) is 11.3 Å². The van der Waals surface area contributed by atoms with Crippen LogP contribution in [-0.4, -0.2) is 43.4 Å². The number of aliphatic hydroxyl groups is 1. The highest BCUT2D eigenvalue weighted by molar-refractivity contribution is 5.91. The molecular formula is C15H23ClN2O4. The zero-order valence-electron chi connectivity index (χ0n) is 12.6. The van der Waals surface area contributed by atoms with Crippen molar-refractivity contribution in [3.63, 3.8) is 0 Å². The predicted octanol–water partition coefficient (Wildman–Crippen LogP) is 0.936. The summed E-state index contributed by atoms with van der Waals surface area (Å²) in [6, 6.07) is 3.17. The molecular weight excluding hydrogens is 308 g/mol. The van der Waals surface area contributed by atoms with Crippen LogP contribution >= 0.6 is 12.4 Å². The molecule has 1 amide bonds. The number of methoxy groups -OCH3 is 1. The van der Waals surface area contributed by atoms with Crippen molar-refractivity contribution in [2.75, 3.05) is 20.2 Å². The second-order valence-electron chi connectivity index (χ2n) is 6.00. The van der Waals surface area contributed by atoms with Crippen LogP contribution < -0.4 is 10.6 Å². The molecule has 1 aromatic heterocycles. The van der Waals surface area contributed by atoms with Gasteiger partial charge in [-0.3, -0.25) is 4.79 Å². The molecule has 2 fully saturated rings. The van der Waals surface area contributed by atoms with Gasteiger partial charge in [-0.1, -0.05) is 0 Å². The molecule has 6 nitrogen and oxygen atoms in total. The molecule has 3 rings (SSSR count). The zero-order valence-corrected chi connectivity index (χ0v) is 13.4. The van der Waals surface area contributed by atoms with Crippen LogP contribution in [0.1, 0.15) is 29.2 Å². The number of fused-ring (bicyclic) bond motifs is 1. The van der Waals surface area contributed by atoms with Gasteiger partial charge < -0.3 is 24.9 Å². The monoisotopic (exact) mass is 330 g/mol. The van der Waals surface area contributed by atoms with Gasteiger partial charge in [-0.2, -0.15) is 0 Å². The third kappa shape index (κ3) is 3.63. The van der Waals surface area contributed by atoms with Crippen molar-refractivity contribution in [3.05, 3.63) is 23.7 Å². The Balaban J connectivity index is 0.00000176. The lowest BCUT2D eigenvalue weighted by molar-refractivity contribution is 0.0451. The van der Waals surface area contributed by atoms with E-state index in [1.54, 1.807) is 19.2 Å². The summed E-state index contributed by atoms with van der Waals surface area (Å²) >= 11 is 0. The summed E-state index contributed by atoms with van der Waals surface area (Å²) < 4.78 is 10.4. The first-order valence-corrected chi connectivity index (χ1v) is 7.44. The number of ether oxygens (including phenoxy) is 1. The van der Waals surface area contributed by atoms with Crippen molar-refractivity contribution in [1.29, 1.82) is 0 Å². The molecule has 1 aromatic rings. The average molecular weight is 331 g/mol. The molecule has 4 atom stereocenters. The first kappa shape index (κ1) is 17.3. The quantitative estimate of drug-likeness (QED) is 0.765. The summed E-state index contributed by atoms with van der Waals surface area (Å²) in [5, 5.41) is 16.5. The molecule has 1 saturated heterocycles. The van der Waals surface area contributed by atoms with E-state index in [-0.39, 0.29) is 30.1 Å². The van der Waals surface area contributed by atoms with Gasteiger partial charge in [-0.15, -0.1) is 12.4 Å². The van der Waals surface area contributed by atoms with E-state index in [9.17, 15) is 9.90 Å². The molecule has 0 aromatic carbocycles. The van der Waals surface area contributed by atoms with Crippen molar-refractivity contribution < 1.29 is 19.1 Å². The molecule has 7 heteroatoms. The highest BCUT2D eigenvalue weighted by Crippen LogP contribution is 2.33. The Labute approximate surface area is 136 Å². The molecule has 0 spiro atoms. The van der Waals surface area contributed by atoms with Gasteiger partial charge in [0.25, 0.3) is 5.91 Å². The maximum Gasteiger partial charge on any atom is 0.287 e. The average Bonchev–Trinajstić information content (AvgIpc) is 3.08. The first-order valence-electron chi connectivity index (χ1n) is 7.44. The van der Waals surface area contributed by atoms with E-state index in [1.807, 2.05) is 0 Å². The number of furan rings is 1. The second-order valence-corrected chi connectivity index (χ2v) is 6.00. The number of hydrogen-bond donors (Lipinski definition) is 3. The van der Waals surface area contributed by atoms with Crippen LogP contribution in [0.4, 0.5) is 0 Å². The molecule has 1 saturated carbocycles. The molecule has 0 bridgehead atoms. The Morgan fingerprint density at radius 2 is 2.14 bits per heavy atom. The van der Waals surface area contributed by atoms with E-state index in [1.165, 1.54) is 0 Å². The van der Waals surface area contributed by atoms with Gasteiger partial charge in [-0.05, 0) is 49.9 Å². The van der Waals surface area contributed by atoms with Crippen LogP contribution in [0.5, 0.6) is 0 Å². The predicted molar refractivity (Wildman–Crippen MR) is 83.0 cm³/mol. The Hall–Kier alpha value is -1.08. The number of hydrogen-bond acceptors (Lipinski definition) is 5. The summed E-state index contributed by atoms with van der Waals surface area (Å²) in [4.78, 5) is 12.2. The summed E-state index contributed by atoms with van der Waals surface area (Å²) in [6.07, 6.45) is 1.08. The highest BCUT2D eigenvalue weighted by atomic mass is 35.5. The normalized spacial score (nSPS) is 30.5. The summed E-state index contributed by atoms with van der Waals surface area (Å²) in [6.45, 7) is 2.29. The van der Waals surface area contributed by atoms with E-state index in [0.29, 0.717) is 24.2 Å². The minimum absolute atomic E-state index is 0. The number of halogens is 1. The van der Waals surface area contributed by atoms with Crippen LogP contribution in [0.25, 0.3) is 0 Å². The van der Waals surface area contributed by atoms with Crippen molar-refractivity contribution in [1.82, 2.24) is 10.6 Å². The topological polar surface area (TPSA) is 83.7 Å². The van der Waals surface area contributed by atoms with Gasteiger partial charge in [-0.25, -0.2) is 0 Å². The van der Waals surface area contributed by atoms with Crippen LogP contribution in [0.15, 0.2) is 16.5 Å². The summed E-state index contributed by atoms with van der Waals surface area (Å²) in [5.74, 6) is 1.68. The standard InChI is InChI=1S/C15H22N2O4.ClH/c1-20-8-11-2-3-14(21-11)15(19)17-12-4-9-6-16-7-10(9)5-13(12)18;/h2-3,9-10,12-13,16,18H,4-8H2,1H3,(H,17,19);1H/t9-,10+,12-,13-;/m0./s1. The van der Waals surface area contributed by atoms with Crippen molar-refractivity contribution >= 4 is 18.3 Å². The molecule has 3 N–H and O–H groups in total. The number of nitrogens with one attached hydrogen (secondary N) is 2. The number of aliphatic hydroxyl groups excluding tert-OH is 1. The fourth-order valence-corrected chi connectivity index (χ4v) is 3.41. The Bertz CT molecular complexity index is 507. The molecule has 0 unspecified atom stereocenters. The summed E-state index contributed by atoms with van der Waals surface area (Å²) in [7, 11) is 1.58. The maximum absolute atomic E-state index is 12.2. The van der Waals surface area contributed by atoms with Crippen molar-refractivity contribution in [3.8, 4) is 0 Å². The molecule has 2 heterocycles.